The highest BCUT2D eigenvalue weighted by molar-refractivity contribution is 5.27. The minimum atomic E-state index is -4.66. The molecule has 0 heterocycles. The summed E-state index contributed by atoms with van der Waals surface area (Å²) in [5.41, 5.74) is 0.830. The number of halogens is 3. The van der Waals surface area contributed by atoms with Crippen LogP contribution in [0.1, 0.15) is 18.9 Å². The Hall–Kier alpha value is -1.27. The summed E-state index contributed by atoms with van der Waals surface area (Å²) in [5.74, 6) is -0.236. The van der Waals surface area contributed by atoms with Crippen LogP contribution in [0.2, 0.25) is 0 Å². The van der Waals surface area contributed by atoms with Crippen LogP contribution < -0.4 is 10.1 Å². The zero-order valence-corrected chi connectivity index (χ0v) is 10.00. The van der Waals surface area contributed by atoms with Crippen LogP contribution in [0.4, 0.5) is 13.2 Å². The standard InChI is InChI=1S/C12H16F3NO2/c1-2-10(8-17)16-7-9-3-5-11(6-4-9)18-12(13,14)15/h3-6,10,16-17H,2,7-8H2,1H3/t10-/m0/s1. The molecule has 6 heteroatoms. The lowest BCUT2D eigenvalue weighted by atomic mass is 10.2. The number of benzene rings is 1. The Labute approximate surface area is 104 Å². The molecule has 0 aliphatic rings. The number of alkyl halides is 3. The van der Waals surface area contributed by atoms with Crippen LogP contribution in [0.5, 0.6) is 5.75 Å². The molecule has 18 heavy (non-hydrogen) atoms. The van der Waals surface area contributed by atoms with E-state index in [1.54, 1.807) is 12.1 Å². The summed E-state index contributed by atoms with van der Waals surface area (Å²) >= 11 is 0. The van der Waals surface area contributed by atoms with Crippen molar-refractivity contribution in [2.75, 3.05) is 6.61 Å². The Kier molecular flexibility index (Phi) is 5.43. The number of hydrogen-bond acceptors (Lipinski definition) is 3. The monoisotopic (exact) mass is 263 g/mol. The van der Waals surface area contributed by atoms with E-state index >= 15 is 0 Å². The van der Waals surface area contributed by atoms with Crippen LogP contribution in [-0.2, 0) is 6.54 Å². The van der Waals surface area contributed by atoms with E-state index in [1.807, 2.05) is 6.92 Å². The molecule has 1 aromatic rings. The first-order valence-corrected chi connectivity index (χ1v) is 5.63. The first kappa shape index (κ1) is 14.8. The molecule has 0 aliphatic heterocycles. The Balaban J connectivity index is 2.50. The van der Waals surface area contributed by atoms with Crippen molar-refractivity contribution in [3.05, 3.63) is 29.8 Å². The molecule has 0 saturated heterocycles. The largest absolute Gasteiger partial charge is 0.573 e. The molecule has 0 fully saturated rings. The van der Waals surface area contributed by atoms with Gasteiger partial charge in [0.2, 0.25) is 0 Å². The third-order valence-electron chi connectivity index (χ3n) is 2.46. The number of aliphatic hydroxyl groups excluding tert-OH is 1. The second-order valence-electron chi connectivity index (χ2n) is 3.86. The van der Waals surface area contributed by atoms with Gasteiger partial charge in [0.1, 0.15) is 5.75 Å². The van der Waals surface area contributed by atoms with Crippen LogP contribution in [0.25, 0.3) is 0 Å². The van der Waals surface area contributed by atoms with Gasteiger partial charge >= 0.3 is 6.36 Å². The average molecular weight is 263 g/mol. The smallest absolute Gasteiger partial charge is 0.406 e. The number of hydrogen-bond donors (Lipinski definition) is 2. The predicted molar refractivity (Wildman–Crippen MR) is 61.1 cm³/mol. The minimum absolute atomic E-state index is 0.00361. The molecule has 2 N–H and O–H groups in total. The van der Waals surface area contributed by atoms with E-state index in [4.69, 9.17) is 5.11 Å². The van der Waals surface area contributed by atoms with Crippen molar-refractivity contribution in [1.82, 2.24) is 5.32 Å². The summed E-state index contributed by atoms with van der Waals surface area (Å²) in [5, 5.41) is 12.1. The fourth-order valence-electron chi connectivity index (χ4n) is 1.41. The number of rotatable bonds is 6. The Morgan fingerprint density at radius 2 is 1.89 bits per heavy atom. The van der Waals surface area contributed by atoms with E-state index in [1.165, 1.54) is 12.1 Å². The maximum absolute atomic E-state index is 11.9. The van der Waals surface area contributed by atoms with E-state index in [2.05, 4.69) is 10.1 Å². The topological polar surface area (TPSA) is 41.5 Å². The zero-order chi connectivity index (χ0) is 13.6. The lowest BCUT2D eigenvalue weighted by Crippen LogP contribution is -2.31. The van der Waals surface area contributed by atoms with Gasteiger partial charge in [-0.2, -0.15) is 0 Å². The molecule has 1 rings (SSSR count). The molecule has 0 aliphatic carbocycles. The lowest BCUT2D eigenvalue weighted by Gasteiger charge is -2.14. The van der Waals surface area contributed by atoms with Crippen molar-refractivity contribution in [1.29, 1.82) is 0 Å². The van der Waals surface area contributed by atoms with Gasteiger partial charge in [-0.25, -0.2) is 0 Å². The third-order valence-corrected chi connectivity index (χ3v) is 2.46. The fourth-order valence-corrected chi connectivity index (χ4v) is 1.41. The number of nitrogens with one attached hydrogen (secondary N) is 1. The molecular weight excluding hydrogens is 247 g/mol. The molecular formula is C12H16F3NO2. The summed E-state index contributed by atoms with van der Waals surface area (Å²) in [6.45, 7) is 2.46. The molecule has 0 bridgehead atoms. The highest BCUT2D eigenvalue weighted by Crippen LogP contribution is 2.22. The number of aliphatic hydroxyl groups is 1. The van der Waals surface area contributed by atoms with Crippen molar-refractivity contribution in [2.45, 2.75) is 32.3 Å². The van der Waals surface area contributed by atoms with E-state index in [0.29, 0.717) is 6.54 Å². The molecule has 0 radical (unpaired) electrons. The maximum atomic E-state index is 11.9. The maximum Gasteiger partial charge on any atom is 0.573 e. The second kappa shape index (κ2) is 6.61. The molecule has 0 saturated carbocycles. The van der Waals surface area contributed by atoms with Gasteiger partial charge in [-0.05, 0) is 24.1 Å². The van der Waals surface area contributed by atoms with Crippen molar-refractivity contribution in [2.24, 2.45) is 0 Å². The zero-order valence-electron chi connectivity index (χ0n) is 10.00. The summed E-state index contributed by atoms with van der Waals surface area (Å²) in [7, 11) is 0. The Bertz CT molecular complexity index is 347. The summed E-state index contributed by atoms with van der Waals surface area (Å²) in [4.78, 5) is 0. The molecule has 0 amide bonds. The van der Waals surface area contributed by atoms with Crippen LogP contribution in [0.3, 0.4) is 0 Å². The molecule has 0 spiro atoms. The van der Waals surface area contributed by atoms with Gasteiger partial charge in [-0.15, -0.1) is 13.2 Å². The van der Waals surface area contributed by atoms with Crippen LogP contribution >= 0.6 is 0 Å². The first-order chi connectivity index (χ1) is 8.44. The van der Waals surface area contributed by atoms with E-state index in [-0.39, 0.29) is 18.4 Å². The fraction of sp³-hybridized carbons (Fsp3) is 0.500. The van der Waals surface area contributed by atoms with Crippen LogP contribution in [-0.4, -0.2) is 24.1 Å². The van der Waals surface area contributed by atoms with Gasteiger partial charge < -0.3 is 15.2 Å². The highest BCUT2D eigenvalue weighted by Gasteiger charge is 2.30. The number of ether oxygens (including phenoxy) is 1. The van der Waals surface area contributed by atoms with Crippen LogP contribution in [0, 0.1) is 0 Å². The molecule has 0 aromatic heterocycles. The van der Waals surface area contributed by atoms with Gasteiger partial charge in [0, 0.05) is 12.6 Å². The first-order valence-electron chi connectivity index (χ1n) is 5.63. The highest BCUT2D eigenvalue weighted by atomic mass is 19.4. The minimum Gasteiger partial charge on any atom is -0.406 e. The van der Waals surface area contributed by atoms with Gasteiger partial charge in [0.05, 0.1) is 6.61 Å². The van der Waals surface area contributed by atoms with Crippen molar-refractivity contribution in [3.8, 4) is 5.75 Å². The lowest BCUT2D eigenvalue weighted by molar-refractivity contribution is -0.274. The normalized spacial score (nSPS) is 13.4. The summed E-state index contributed by atoms with van der Waals surface area (Å²) < 4.78 is 39.5. The molecule has 0 unspecified atom stereocenters. The quantitative estimate of drug-likeness (QED) is 0.828. The van der Waals surface area contributed by atoms with Crippen molar-refractivity contribution >= 4 is 0 Å². The van der Waals surface area contributed by atoms with E-state index in [9.17, 15) is 13.2 Å². The molecule has 102 valence electrons. The Morgan fingerprint density at radius 1 is 1.28 bits per heavy atom. The van der Waals surface area contributed by atoms with E-state index < -0.39 is 6.36 Å². The Morgan fingerprint density at radius 3 is 2.33 bits per heavy atom. The summed E-state index contributed by atoms with van der Waals surface area (Å²) in [6, 6.07) is 5.64. The predicted octanol–water partition coefficient (Wildman–Crippen LogP) is 2.45. The van der Waals surface area contributed by atoms with Gasteiger partial charge in [-0.3, -0.25) is 0 Å². The molecule has 1 atom stereocenters. The average Bonchev–Trinajstić information content (AvgIpc) is 2.30. The van der Waals surface area contributed by atoms with Crippen molar-refractivity contribution < 1.29 is 23.0 Å². The molecule has 3 nitrogen and oxygen atoms in total. The van der Waals surface area contributed by atoms with Gasteiger partial charge in [-0.1, -0.05) is 19.1 Å². The third kappa shape index (κ3) is 5.37. The van der Waals surface area contributed by atoms with Gasteiger partial charge in [0.15, 0.2) is 0 Å². The van der Waals surface area contributed by atoms with Gasteiger partial charge in [0.25, 0.3) is 0 Å². The second-order valence-corrected chi connectivity index (χ2v) is 3.86. The SMILES string of the molecule is CC[C@@H](CO)NCc1ccc(OC(F)(F)F)cc1. The summed E-state index contributed by atoms with van der Waals surface area (Å²) in [6.07, 6.45) is -3.88. The molecule has 1 aromatic carbocycles. The van der Waals surface area contributed by atoms with Crippen molar-refractivity contribution in [3.63, 3.8) is 0 Å². The van der Waals surface area contributed by atoms with E-state index in [0.717, 1.165) is 12.0 Å². The van der Waals surface area contributed by atoms with Crippen LogP contribution in [0.15, 0.2) is 24.3 Å².